The van der Waals surface area contributed by atoms with Gasteiger partial charge in [-0.1, -0.05) is 11.6 Å². The van der Waals surface area contributed by atoms with E-state index >= 15 is 0 Å². The van der Waals surface area contributed by atoms with Gasteiger partial charge in [-0.15, -0.1) is 0 Å². The van der Waals surface area contributed by atoms with Crippen LogP contribution in [-0.2, 0) is 19.6 Å². The van der Waals surface area contributed by atoms with E-state index in [-0.39, 0.29) is 34.1 Å². The van der Waals surface area contributed by atoms with Gasteiger partial charge < -0.3 is 15.7 Å². The standard InChI is InChI=1S/C18H17ClF3N3O5S/c1-10(26)23-11-3-5-12(6-4-11)25-31(29,30)13-7-8-15(14(19)9-13)24-16(27)17(2,28)18(20,21)22/h3-9,25,28H,1-2H3,(H,23,26)(H,24,27). The average molecular weight is 480 g/mol. The number of carbonyl (C=O) groups excluding carboxylic acids is 2. The third kappa shape index (κ3) is 5.87. The second kappa shape index (κ2) is 8.73. The van der Waals surface area contributed by atoms with Crippen molar-refractivity contribution < 1.29 is 36.3 Å². The molecule has 1 unspecified atom stereocenters. The summed E-state index contributed by atoms with van der Waals surface area (Å²) in [5.41, 5.74) is -3.38. The predicted molar refractivity (Wildman–Crippen MR) is 108 cm³/mol. The Kier molecular flexibility index (Phi) is 6.88. The maximum Gasteiger partial charge on any atom is 0.426 e. The predicted octanol–water partition coefficient (Wildman–Crippen LogP) is 3.35. The smallest absolute Gasteiger partial charge is 0.373 e. The zero-order valence-electron chi connectivity index (χ0n) is 16.0. The fourth-order valence-corrected chi connectivity index (χ4v) is 3.55. The molecule has 2 rings (SSSR count). The summed E-state index contributed by atoms with van der Waals surface area (Å²) in [7, 11) is -4.13. The summed E-state index contributed by atoms with van der Waals surface area (Å²) in [6, 6.07) is 8.66. The highest BCUT2D eigenvalue weighted by atomic mass is 35.5. The Hall–Kier alpha value is -2.83. The monoisotopic (exact) mass is 479 g/mol. The average Bonchev–Trinajstić information content (AvgIpc) is 2.63. The van der Waals surface area contributed by atoms with Crippen LogP contribution in [0, 0.1) is 0 Å². The van der Waals surface area contributed by atoms with Gasteiger partial charge in [0, 0.05) is 18.3 Å². The van der Waals surface area contributed by atoms with Gasteiger partial charge in [0.05, 0.1) is 15.6 Å². The number of carbonyl (C=O) groups is 2. The van der Waals surface area contributed by atoms with Gasteiger partial charge >= 0.3 is 6.18 Å². The number of nitrogens with one attached hydrogen (secondary N) is 3. The molecule has 31 heavy (non-hydrogen) atoms. The number of rotatable bonds is 6. The van der Waals surface area contributed by atoms with Crippen LogP contribution in [0.1, 0.15) is 13.8 Å². The van der Waals surface area contributed by atoms with Crippen molar-refractivity contribution >= 4 is 50.5 Å². The molecule has 2 aromatic rings. The molecule has 13 heteroatoms. The molecule has 0 saturated carbocycles. The zero-order valence-corrected chi connectivity index (χ0v) is 17.6. The summed E-state index contributed by atoms with van der Waals surface area (Å²) < 4.78 is 65.6. The van der Waals surface area contributed by atoms with Crippen molar-refractivity contribution in [2.75, 3.05) is 15.4 Å². The molecule has 0 saturated heterocycles. The maximum absolute atomic E-state index is 12.7. The van der Waals surface area contributed by atoms with Crippen LogP contribution < -0.4 is 15.4 Å². The molecule has 0 heterocycles. The van der Waals surface area contributed by atoms with E-state index in [2.05, 4.69) is 10.0 Å². The largest absolute Gasteiger partial charge is 0.426 e. The van der Waals surface area contributed by atoms with E-state index in [4.69, 9.17) is 11.6 Å². The summed E-state index contributed by atoms with van der Waals surface area (Å²) in [5.74, 6) is -2.08. The Morgan fingerprint density at radius 3 is 2.03 bits per heavy atom. The molecule has 0 fully saturated rings. The third-order valence-corrected chi connectivity index (χ3v) is 5.64. The van der Waals surface area contributed by atoms with Crippen molar-refractivity contribution in [2.45, 2.75) is 30.5 Å². The molecule has 8 nitrogen and oxygen atoms in total. The number of halogens is 4. The second-order valence-corrected chi connectivity index (χ2v) is 8.62. The number of hydrogen-bond acceptors (Lipinski definition) is 5. The van der Waals surface area contributed by atoms with Gasteiger partial charge in [0.15, 0.2) is 0 Å². The number of sulfonamides is 1. The molecular weight excluding hydrogens is 463 g/mol. The third-order valence-electron chi connectivity index (χ3n) is 3.95. The highest BCUT2D eigenvalue weighted by Crippen LogP contribution is 2.33. The lowest BCUT2D eigenvalue weighted by Crippen LogP contribution is -2.52. The van der Waals surface area contributed by atoms with Crippen LogP contribution in [0.4, 0.5) is 30.2 Å². The number of hydrogen-bond donors (Lipinski definition) is 4. The molecule has 4 N–H and O–H groups in total. The molecular formula is C18H17ClF3N3O5S. The Morgan fingerprint density at radius 2 is 1.55 bits per heavy atom. The number of anilines is 3. The molecule has 0 spiro atoms. The normalized spacial score (nSPS) is 13.8. The van der Waals surface area contributed by atoms with Crippen LogP contribution in [0.25, 0.3) is 0 Å². The molecule has 0 radical (unpaired) electrons. The van der Waals surface area contributed by atoms with Gasteiger partial charge in [0.1, 0.15) is 0 Å². The van der Waals surface area contributed by atoms with Crippen LogP contribution in [0.3, 0.4) is 0 Å². The molecule has 0 aliphatic heterocycles. The first-order valence-electron chi connectivity index (χ1n) is 8.44. The van der Waals surface area contributed by atoms with E-state index in [0.717, 1.165) is 18.2 Å². The van der Waals surface area contributed by atoms with Crippen molar-refractivity contribution in [1.82, 2.24) is 0 Å². The van der Waals surface area contributed by atoms with Gasteiger partial charge in [-0.3, -0.25) is 14.3 Å². The fraction of sp³-hybridized carbons (Fsp3) is 0.222. The second-order valence-electron chi connectivity index (χ2n) is 6.53. The Balaban J connectivity index is 2.19. The minimum Gasteiger partial charge on any atom is -0.373 e. The molecule has 1 atom stereocenters. The molecule has 2 aromatic carbocycles. The number of benzene rings is 2. The first-order valence-corrected chi connectivity index (χ1v) is 10.3. The summed E-state index contributed by atoms with van der Waals surface area (Å²) in [6.07, 6.45) is -5.23. The highest BCUT2D eigenvalue weighted by Gasteiger charge is 2.55. The Morgan fingerprint density at radius 1 is 1.00 bits per heavy atom. The van der Waals surface area contributed by atoms with Gasteiger partial charge in [0.25, 0.3) is 15.9 Å². The quantitative estimate of drug-likeness (QED) is 0.505. The van der Waals surface area contributed by atoms with Gasteiger partial charge in [0.2, 0.25) is 11.5 Å². The van der Waals surface area contributed by atoms with E-state index in [9.17, 15) is 36.3 Å². The van der Waals surface area contributed by atoms with E-state index in [0.29, 0.717) is 5.69 Å². The van der Waals surface area contributed by atoms with Crippen molar-refractivity contribution in [1.29, 1.82) is 0 Å². The molecule has 2 amide bonds. The van der Waals surface area contributed by atoms with E-state index in [1.165, 1.54) is 31.2 Å². The minimum atomic E-state index is -5.23. The van der Waals surface area contributed by atoms with Crippen molar-refractivity contribution in [2.24, 2.45) is 0 Å². The van der Waals surface area contributed by atoms with E-state index in [1.54, 1.807) is 0 Å². The topological polar surface area (TPSA) is 125 Å². The van der Waals surface area contributed by atoms with Crippen molar-refractivity contribution in [3.63, 3.8) is 0 Å². The summed E-state index contributed by atoms with van der Waals surface area (Å²) in [5, 5.41) is 13.3. The summed E-state index contributed by atoms with van der Waals surface area (Å²) in [4.78, 5) is 22.4. The lowest BCUT2D eigenvalue weighted by Gasteiger charge is -2.25. The number of alkyl halides is 3. The Bertz CT molecular complexity index is 1100. The molecule has 0 aliphatic carbocycles. The number of aliphatic hydroxyl groups is 1. The van der Waals surface area contributed by atoms with Crippen LogP contribution in [-0.4, -0.2) is 37.1 Å². The molecule has 0 aromatic heterocycles. The Labute approximate surface area is 180 Å². The van der Waals surface area contributed by atoms with Crippen LogP contribution in [0.15, 0.2) is 47.4 Å². The number of amides is 2. The SMILES string of the molecule is CC(=O)Nc1ccc(NS(=O)(=O)c2ccc(NC(=O)C(C)(O)C(F)(F)F)c(Cl)c2)cc1. The lowest BCUT2D eigenvalue weighted by atomic mass is 10.1. The van der Waals surface area contributed by atoms with Crippen molar-refractivity contribution in [3.05, 3.63) is 47.5 Å². The van der Waals surface area contributed by atoms with Gasteiger partial charge in [-0.05, 0) is 49.4 Å². The lowest BCUT2D eigenvalue weighted by molar-refractivity contribution is -0.242. The van der Waals surface area contributed by atoms with Crippen LogP contribution >= 0.6 is 11.6 Å². The summed E-state index contributed by atoms with van der Waals surface area (Å²) in [6.45, 7) is 1.59. The van der Waals surface area contributed by atoms with Crippen LogP contribution in [0.2, 0.25) is 5.02 Å². The molecule has 0 bridgehead atoms. The first-order chi connectivity index (χ1) is 14.1. The summed E-state index contributed by atoms with van der Waals surface area (Å²) >= 11 is 5.91. The molecule has 168 valence electrons. The molecule has 0 aliphatic rings. The highest BCUT2D eigenvalue weighted by molar-refractivity contribution is 7.92. The van der Waals surface area contributed by atoms with Gasteiger partial charge in [-0.25, -0.2) is 8.42 Å². The zero-order chi connectivity index (χ0) is 23.6. The fourth-order valence-electron chi connectivity index (χ4n) is 2.18. The first kappa shape index (κ1) is 24.4. The van der Waals surface area contributed by atoms with E-state index in [1.807, 2.05) is 5.32 Å². The van der Waals surface area contributed by atoms with Gasteiger partial charge in [-0.2, -0.15) is 13.2 Å². The minimum absolute atomic E-state index is 0.170. The van der Waals surface area contributed by atoms with E-state index < -0.39 is 27.7 Å². The maximum atomic E-state index is 12.7. The van der Waals surface area contributed by atoms with Crippen LogP contribution in [0.5, 0.6) is 0 Å². The van der Waals surface area contributed by atoms with Crippen molar-refractivity contribution in [3.8, 4) is 0 Å².